The summed E-state index contributed by atoms with van der Waals surface area (Å²) in [7, 11) is 0. The van der Waals surface area contributed by atoms with Gasteiger partial charge in [-0.05, 0) is 52.9 Å². The summed E-state index contributed by atoms with van der Waals surface area (Å²) >= 11 is 1.39. The molecule has 0 aliphatic heterocycles. The van der Waals surface area contributed by atoms with E-state index in [9.17, 15) is 4.79 Å². The summed E-state index contributed by atoms with van der Waals surface area (Å²) in [6, 6.07) is 22.2. The number of hydrogen-bond donors (Lipinski definition) is 1. The van der Waals surface area contributed by atoms with Crippen LogP contribution < -0.4 is 10.1 Å². The number of amides is 1. The van der Waals surface area contributed by atoms with E-state index in [-0.39, 0.29) is 5.91 Å². The first-order valence-electron chi connectivity index (χ1n) is 9.03. The second kappa shape index (κ2) is 7.72. The van der Waals surface area contributed by atoms with E-state index in [2.05, 4.69) is 25.8 Å². The van der Waals surface area contributed by atoms with Gasteiger partial charge in [0, 0.05) is 11.6 Å². The zero-order valence-electron chi connectivity index (χ0n) is 15.5. The number of para-hydroxylation sites is 1. The molecule has 8 nitrogen and oxygen atoms in total. The van der Waals surface area contributed by atoms with Crippen molar-refractivity contribution >= 4 is 32.6 Å². The minimum Gasteiger partial charge on any atom is -0.457 e. The van der Waals surface area contributed by atoms with Crippen molar-refractivity contribution in [3.05, 3.63) is 84.7 Å². The Morgan fingerprint density at radius 3 is 2.70 bits per heavy atom. The Kier molecular flexibility index (Phi) is 4.62. The minimum atomic E-state index is -0.260. The van der Waals surface area contributed by atoms with E-state index in [1.54, 1.807) is 18.2 Å². The first-order valence-corrected chi connectivity index (χ1v) is 9.84. The highest BCUT2D eigenvalue weighted by Crippen LogP contribution is 2.31. The molecule has 2 aromatic heterocycles. The quantitative estimate of drug-likeness (QED) is 0.460. The van der Waals surface area contributed by atoms with Crippen LogP contribution >= 0.6 is 11.3 Å². The lowest BCUT2D eigenvalue weighted by Gasteiger charge is -2.04. The molecule has 0 saturated heterocycles. The molecule has 1 N–H and O–H groups in total. The zero-order chi connectivity index (χ0) is 20.3. The van der Waals surface area contributed by atoms with Crippen molar-refractivity contribution in [2.45, 2.75) is 0 Å². The van der Waals surface area contributed by atoms with Gasteiger partial charge in [-0.3, -0.25) is 10.1 Å². The van der Waals surface area contributed by atoms with E-state index in [0.29, 0.717) is 22.1 Å². The minimum absolute atomic E-state index is 0.260. The largest absolute Gasteiger partial charge is 0.457 e. The maximum absolute atomic E-state index is 12.7. The van der Waals surface area contributed by atoms with Gasteiger partial charge in [0.05, 0.1) is 15.9 Å². The Bertz CT molecular complexity index is 1320. The second-order valence-corrected chi connectivity index (χ2v) is 7.35. The van der Waals surface area contributed by atoms with E-state index in [4.69, 9.17) is 4.74 Å². The lowest BCUT2D eigenvalue weighted by Crippen LogP contribution is -2.12. The molecule has 0 bridgehead atoms. The van der Waals surface area contributed by atoms with Crippen LogP contribution in [-0.2, 0) is 0 Å². The number of carbonyl (C=O) groups is 1. The monoisotopic (exact) mass is 414 g/mol. The molecule has 2 heterocycles. The molecule has 1 amide bonds. The number of tetrazole rings is 1. The first kappa shape index (κ1) is 18.0. The SMILES string of the molecule is O=C(Nc1nc2ccc(Oc3ccccc3)cc2s1)c1cccc(-n2cnnn2)c1. The molecule has 0 saturated carbocycles. The van der Waals surface area contributed by atoms with Crippen molar-refractivity contribution < 1.29 is 9.53 Å². The molecule has 0 radical (unpaired) electrons. The van der Waals surface area contributed by atoms with Crippen molar-refractivity contribution in [2.24, 2.45) is 0 Å². The summed E-state index contributed by atoms with van der Waals surface area (Å²) in [6.45, 7) is 0. The lowest BCUT2D eigenvalue weighted by atomic mass is 10.2. The van der Waals surface area contributed by atoms with Crippen LogP contribution in [0.15, 0.2) is 79.1 Å². The number of thiazole rings is 1. The van der Waals surface area contributed by atoms with Crippen LogP contribution in [0.25, 0.3) is 15.9 Å². The second-order valence-electron chi connectivity index (χ2n) is 6.32. The van der Waals surface area contributed by atoms with Gasteiger partial charge in [0.2, 0.25) is 0 Å². The molecule has 0 aliphatic carbocycles. The van der Waals surface area contributed by atoms with E-state index >= 15 is 0 Å². The highest BCUT2D eigenvalue weighted by molar-refractivity contribution is 7.22. The number of nitrogens with one attached hydrogen (secondary N) is 1. The van der Waals surface area contributed by atoms with E-state index in [0.717, 1.165) is 16.0 Å². The highest BCUT2D eigenvalue weighted by Gasteiger charge is 2.12. The van der Waals surface area contributed by atoms with Crippen LogP contribution in [0.1, 0.15) is 10.4 Å². The molecule has 146 valence electrons. The van der Waals surface area contributed by atoms with Crippen LogP contribution in [0, 0.1) is 0 Å². The van der Waals surface area contributed by atoms with Crippen LogP contribution in [0.4, 0.5) is 5.13 Å². The number of rotatable bonds is 5. The van der Waals surface area contributed by atoms with Gasteiger partial charge in [0.25, 0.3) is 5.91 Å². The fourth-order valence-corrected chi connectivity index (χ4v) is 3.77. The number of hydrogen-bond acceptors (Lipinski definition) is 7. The summed E-state index contributed by atoms with van der Waals surface area (Å²) in [5.74, 6) is 1.21. The third kappa shape index (κ3) is 3.74. The number of ether oxygens (including phenoxy) is 1. The highest BCUT2D eigenvalue weighted by atomic mass is 32.1. The van der Waals surface area contributed by atoms with E-state index in [1.165, 1.54) is 22.3 Å². The Morgan fingerprint density at radius 2 is 1.87 bits per heavy atom. The molecular weight excluding hydrogens is 400 g/mol. The van der Waals surface area contributed by atoms with Crippen molar-refractivity contribution in [1.29, 1.82) is 0 Å². The molecule has 3 aromatic carbocycles. The topological polar surface area (TPSA) is 94.8 Å². The number of aromatic nitrogens is 5. The maximum atomic E-state index is 12.7. The van der Waals surface area contributed by atoms with Gasteiger partial charge in [-0.2, -0.15) is 0 Å². The molecule has 30 heavy (non-hydrogen) atoms. The summed E-state index contributed by atoms with van der Waals surface area (Å²) in [6.07, 6.45) is 1.47. The molecule has 9 heteroatoms. The van der Waals surface area contributed by atoms with Gasteiger partial charge in [-0.25, -0.2) is 9.67 Å². The predicted molar refractivity (Wildman–Crippen MR) is 113 cm³/mol. The molecule has 0 aliphatic rings. The van der Waals surface area contributed by atoms with Gasteiger partial charge in [-0.15, -0.1) is 5.10 Å². The summed E-state index contributed by atoms with van der Waals surface area (Å²) < 4.78 is 8.27. The summed E-state index contributed by atoms with van der Waals surface area (Å²) in [5, 5.41) is 14.4. The Hall–Kier alpha value is -4.11. The van der Waals surface area contributed by atoms with Gasteiger partial charge in [0.15, 0.2) is 5.13 Å². The average molecular weight is 414 g/mol. The molecule has 0 fully saturated rings. The lowest BCUT2D eigenvalue weighted by molar-refractivity contribution is 0.102. The third-order valence-corrected chi connectivity index (χ3v) is 5.21. The van der Waals surface area contributed by atoms with Gasteiger partial charge in [-0.1, -0.05) is 35.6 Å². The number of benzene rings is 3. The van der Waals surface area contributed by atoms with Crippen molar-refractivity contribution in [2.75, 3.05) is 5.32 Å². The average Bonchev–Trinajstić information content (AvgIpc) is 3.44. The van der Waals surface area contributed by atoms with E-state index in [1.807, 2.05) is 54.6 Å². The zero-order valence-corrected chi connectivity index (χ0v) is 16.3. The molecule has 5 rings (SSSR count). The number of carbonyl (C=O) groups excluding carboxylic acids is 1. The number of fused-ring (bicyclic) bond motifs is 1. The molecule has 5 aromatic rings. The fraction of sp³-hybridized carbons (Fsp3) is 0. The number of anilines is 1. The molecule has 0 unspecified atom stereocenters. The van der Waals surface area contributed by atoms with E-state index < -0.39 is 0 Å². The Morgan fingerprint density at radius 1 is 0.967 bits per heavy atom. The number of nitrogens with zero attached hydrogens (tertiary/aromatic N) is 5. The van der Waals surface area contributed by atoms with Crippen molar-refractivity contribution in [1.82, 2.24) is 25.2 Å². The Labute approximate surface area is 174 Å². The van der Waals surface area contributed by atoms with Crippen LogP contribution in [0.2, 0.25) is 0 Å². The molecule has 0 atom stereocenters. The molecular formula is C21H14N6O2S. The first-order chi connectivity index (χ1) is 14.7. The van der Waals surface area contributed by atoms with Gasteiger partial charge in [0.1, 0.15) is 17.8 Å². The van der Waals surface area contributed by atoms with Crippen LogP contribution in [0.3, 0.4) is 0 Å². The Balaban J connectivity index is 1.35. The summed E-state index contributed by atoms with van der Waals surface area (Å²) in [4.78, 5) is 17.2. The summed E-state index contributed by atoms with van der Waals surface area (Å²) in [5.41, 5.74) is 1.97. The maximum Gasteiger partial charge on any atom is 0.257 e. The van der Waals surface area contributed by atoms with Crippen LogP contribution in [-0.4, -0.2) is 31.1 Å². The smallest absolute Gasteiger partial charge is 0.257 e. The standard InChI is InChI=1S/C21H14N6O2S/c28-20(14-5-4-6-15(11-14)27-13-22-25-26-27)24-21-23-18-10-9-17(12-19(18)30-21)29-16-7-2-1-3-8-16/h1-13H,(H,23,24,28). The predicted octanol–water partition coefficient (Wildman–Crippen LogP) is 4.32. The van der Waals surface area contributed by atoms with Crippen molar-refractivity contribution in [3.8, 4) is 17.2 Å². The molecule has 0 spiro atoms. The van der Waals surface area contributed by atoms with Gasteiger partial charge < -0.3 is 4.74 Å². The third-order valence-electron chi connectivity index (χ3n) is 4.28. The normalized spacial score (nSPS) is 10.8. The fourth-order valence-electron chi connectivity index (χ4n) is 2.89. The van der Waals surface area contributed by atoms with Crippen molar-refractivity contribution in [3.63, 3.8) is 0 Å². The van der Waals surface area contributed by atoms with Gasteiger partial charge >= 0.3 is 0 Å². The van der Waals surface area contributed by atoms with Crippen LogP contribution in [0.5, 0.6) is 11.5 Å².